The molecule has 2 atom stereocenters. The van der Waals surface area contributed by atoms with Crippen molar-refractivity contribution < 1.29 is 0 Å². The summed E-state index contributed by atoms with van der Waals surface area (Å²) in [6.45, 7) is 11.6. The topological polar surface area (TPSA) is 54.5 Å². The van der Waals surface area contributed by atoms with Gasteiger partial charge in [-0.2, -0.15) is 0 Å². The lowest BCUT2D eigenvalue weighted by Crippen LogP contribution is -2.28. The number of allylic oxidation sites excluding steroid dienone is 1. The molecular weight excluding hydrogens is 446 g/mol. The van der Waals surface area contributed by atoms with Crippen molar-refractivity contribution in [1.29, 1.82) is 0 Å². The zero-order chi connectivity index (χ0) is 23.0. The van der Waals surface area contributed by atoms with Gasteiger partial charge in [-0.25, -0.2) is 4.98 Å². The lowest BCUT2D eigenvalue weighted by Gasteiger charge is -2.37. The average molecular weight is 485 g/mol. The standard InChI is InChI=1S/C24H39Cl2N4P/c1-6-28-22(25)15-20(14-19-11-9-13-30(19)5)31(24(2,3)4)21-16-23(26)29-17-18(21)10-7-8-12-27/h15-17,19H,6-14,27H2,1-5H3/b20-15+,28-22?/t19-,31?/m0/s1. The first-order chi connectivity index (χ1) is 14.7. The molecule has 1 aliphatic rings. The molecule has 0 aromatic carbocycles. The predicted molar refractivity (Wildman–Crippen MR) is 140 cm³/mol. The molecule has 174 valence electrons. The molecule has 1 aliphatic heterocycles. The molecule has 0 saturated carbocycles. The summed E-state index contributed by atoms with van der Waals surface area (Å²) >= 11 is 13.0. The Bertz CT molecular complexity index is 773. The summed E-state index contributed by atoms with van der Waals surface area (Å²) in [4.78, 5) is 11.4. The van der Waals surface area contributed by atoms with Gasteiger partial charge in [0.05, 0.1) is 0 Å². The van der Waals surface area contributed by atoms with E-state index >= 15 is 0 Å². The summed E-state index contributed by atoms with van der Waals surface area (Å²) in [5.74, 6) is 0. The summed E-state index contributed by atoms with van der Waals surface area (Å²) < 4.78 is 0. The van der Waals surface area contributed by atoms with Crippen molar-refractivity contribution in [2.45, 2.75) is 77.4 Å². The van der Waals surface area contributed by atoms with Gasteiger partial charge >= 0.3 is 0 Å². The Labute approximate surface area is 200 Å². The summed E-state index contributed by atoms with van der Waals surface area (Å²) in [5.41, 5.74) is 7.03. The Morgan fingerprint density at radius 3 is 2.71 bits per heavy atom. The van der Waals surface area contributed by atoms with Gasteiger partial charge in [0.15, 0.2) is 0 Å². The van der Waals surface area contributed by atoms with E-state index in [2.05, 4.69) is 54.8 Å². The van der Waals surface area contributed by atoms with E-state index in [1.54, 1.807) is 0 Å². The highest BCUT2D eigenvalue weighted by molar-refractivity contribution is 7.71. The molecule has 0 aliphatic carbocycles. The molecule has 1 unspecified atom stereocenters. The fourth-order valence-corrected chi connectivity index (χ4v) is 8.09. The Kier molecular flexibility index (Phi) is 10.9. The minimum absolute atomic E-state index is 0.0506. The summed E-state index contributed by atoms with van der Waals surface area (Å²) in [6.07, 6.45) is 10.6. The van der Waals surface area contributed by atoms with Gasteiger partial charge in [0.2, 0.25) is 0 Å². The third-order valence-corrected chi connectivity index (χ3v) is 9.30. The number of halogens is 2. The Morgan fingerprint density at radius 1 is 1.39 bits per heavy atom. The van der Waals surface area contributed by atoms with E-state index in [-0.39, 0.29) is 5.16 Å². The number of likely N-dealkylation sites (tertiary alicyclic amines) is 1. The minimum Gasteiger partial charge on any atom is -0.330 e. The van der Waals surface area contributed by atoms with Crippen LogP contribution in [0, 0.1) is 0 Å². The number of aryl methyl sites for hydroxylation is 1. The second-order valence-electron chi connectivity index (χ2n) is 9.30. The van der Waals surface area contributed by atoms with Crippen molar-refractivity contribution in [3.63, 3.8) is 0 Å². The van der Waals surface area contributed by atoms with Crippen molar-refractivity contribution >= 4 is 41.6 Å². The highest BCUT2D eigenvalue weighted by Gasteiger charge is 2.34. The Hall–Kier alpha value is -0.510. The van der Waals surface area contributed by atoms with E-state index < -0.39 is 7.92 Å². The van der Waals surface area contributed by atoms with Crippen LogP contribution in [-0.4, -0.2) is 52.9 Å². The molecular formula is C24H39Cl2N4P. The number of hydrogen-bond acceptors (Lipinski definition) is 4. The number of aliphatic imine (C=N–C) groups is 1. The van der Waals surface area contributed by atoms with Crippen LogP contribution in [0.3, 0.4) is 0 Å². The SMILES string of the molecule is CCN=C(Cl)/C=C(\C[C@@H]1CCCN1C)P(c1cc(Cl)ncc1CCCCN)C(C)(C)C. The second-order valence-corrected chi connectivity index (χ2v) is 13.1. The van der Waals surface area contributed by atoms with Gasteiger partial charge < -0.3 is 10.6 Å². The molecule has 0 bridgehead atoms. The monoisotopic (exact) mass is 484 g/mol. The number of rotatable bonds is 10. The molecule has 2 rings (SSSR count). The van der Waals surface area contributed by atoms with Crippen molar-refractivity contribution in [3.8, 4) is 0 Å². The molecule has 2 heterocycles. The predicted octanol–water partition coefficient (Wildman–Crippen LogP) is 5.95. The smallest absolute Gasteiger partial charge is 0.129 e. The first kappa shape index (κ1) is 26.7. The zero-order valence-corrected chi connectivity index (χ0v) is 22.2. The van der Waals surface area contributed by atoms with E-state index in [1.165, 1.54) is 29.0 Å². The summed E-state index contributed by atoms with van der Waals surface area (Å²) in [5, 5.41) is 3.92. The van der Waals surface area contributed by atoms with Crippen LogP contribution in [-0.2, 0) is 6.42 Å². The van der Waals surface area contributed by atoms with Gasteiger partial charge in [0, 0.05) is 18.8 Å². The number of nitrogens with zero attached hydrogens (tertiary/aromatic N) is 3. The van der Waals surface area contributed by atoms with E-state index in [4.69, 9.17) is 28.9 Å². The molecule has 1 aromatic rings. The largest absolute Gasteiger partial charge is 0.330 e. The zero-order valence-electron chi connectivity index (χ0n) is 19.8. The maximum absolute atomic E-state index is 6.57. The van der Waals surface area contributed by atoms with Gasteiger partial charge in [0.25, 0.3) is 0 Å². The normalized spacial score (nSPS) is 19.8. The minimum atomic E-state index is -0.683. The highest BCUT2D eigenvalue weighted by atomic mass is 35.5. The van der Waals surface area contributed by atoms with Crippen molar-refractivity contribution in [1.82, 2.24) is 9.88 Å². The molecule has 1 fully saturated rings. The van der Waals surface area contributed by atoms with E-state index in [0.717, 1.165) is 32.2 Å². The molecule has 2 N–H and O–H groups in total. The molecule has 1 aromatic heterocycles. The van der Waals surface area contributed by atoms with Crippen LogP contribution in [0.25, 0.3) is 0 Å². The molecule has 1 saturated heterocycles. The Morgan fingerprint density at radius 2 is 2.13 bits per heavy atom. The quantitative estimate of drug-likeness (QED) is 0.193. The van der Waals surface area contributed by atoms with Crippen molar-refractivity contribution in [3.05, 3.63) is 34.4 Å². The van der Waals surface area contributed by atoms with Gasteiger partial charge in [0.1, 0.15) is 10.3 Å². The van der Waals surface area contributed by atoms with Crippen LogP contribution in [0.15, 0.2) is 28.6 Å². The maximum Gasteiger partial charge on any atom is 0.129 e. The van der Waals surface area contributed by atoms with Crippen molar-refractivity contribution in [2.24, 2.45) is 10.7 Å². The fraction of sp³-hybridized carbons (Fsp3) is 0.667. The maximum atomic E-state index is 6.57. The fourth-order valence-electron chi connectivity index (χ4n) is 4.28. The lowest BCUT2D eigenvalue weighted by molar-refractivity contribution is 0.311. The third kappa shape index (κ3) is 8.09. The number of pyridine rings is 1. The summed E-state index contributed by atoms with van der Waals surface area (Å²) in [7, 11) is 1.55. The van der Waals surface area contributed by atoms with Crippen LogP contribution in [0.5, 0.6) is 0 Å². The van der Waals surface area contributed by atoms with E-state index in [0.29, 0.717) is 29.5 Å². The van der Waals surface area contributed by atoms with Crippen LogP contribution in [0.4, 0.5) is 0 Å². The number of nitrogens with two attached hydrogens (primary N) is 1. The first-order valence-electron chi connectivity index (χ1n) is 11.4. The molecule has 0 radical (unpaired) electrons. The van der Waals surface area contributed by atoms with Crippen molar-refractivity contribution in [2.75, 3.05) is 26.7 Å². The number of aromatic nitrogens is 1. The van der Waals surface area contributed by atoms with E-state index in [1.807, 2.05) is 13.1 Å². The second kappa shape index (κ2) is 12.7. The van der Waals surface area contributed by atoms with Gasteiger partial charge in [-0.15, -0.1) is 0 Å². The average Bonchev–Trinajstić information content (AvgIpc) is 3.07. The summed E-state index contributed by atoms with van der Waals surface area (Å²) in [6, 6.07) is 2.63. The van der Waals surface area contributed by atoms with E-state index in [9.17, 15) is 0 Å². The lowest BCUT2D eigenvalue weighted by atomic mass is 10.1. The van der Waals surface area contributed by atoms with Crippen LogP contribution >= 0.6 is 31.1 Å². The molecule has 7 heteroatoms. The highest BCUT2D eigenvalue weighted by Crippen LogP contribution is 2.58. The molecule has 0 amide bonds. The third-order valence-electron chi connectivity index (χ3n) is 5.74. The van der Waals surface area contributed by atoms with Gasteiger partial charge in [-0.05, 0) is 107 Å². The van der Waals surface area contributed by atoms with Crippen LogP contribution in [0.1, 0.15) is 65.4 Å². The molecule has 31 heavy (non-hydrogen) atoms. The first-order valence-corrected chi connectivity index (χ1v) is 13.5. The Balaban J connectivity index is 2.56. The van der Waals surface area contributed by atoms with Gasteiger partial charge in [-0.3, -0.25) is 4.99 Å². The number of hydrogen-bond donors (Lipinski definition) is 1. The molecule has 0 spiro atoms. The van der Waals surface area contributed by atoms with Crippen LogP contribution < -0.4 is 11.0 Å². The van der Waals surface area contributed by atoms with Gasteiger partial charge in [-0.1, -0.05) is 44.0 Å². The number of unbranched alkanes of at least 4 members (excludes halogenated alkanes) is 1. The van der Waals surface area contributed by atoms with Crippen LogP contribution in [0.2, 0.25) is 5.15 Å². The molecule has 4 nitrogen and oxygen atoms in total.